The first-order chi connectivity index (χ1) is 17.4. The largest absolute Gasteiger partial charge is 0.494 e. The molecule has 0 aliphatic heterocycles. The second-order valence-electron chi connectivity index (χ2n) is 8.10. The summed E-state index contributed by atoms with van der Waals surface area (Å²) < 4.78 is 50.2. The minimum absolute atomic E-state index is 0.297. The highest BCUT2D eigenvalue weighted by atomic mass is 19.4. The number of nitrogens with one attached hydrogen (secondary N) is 2. The number of hydrogen-bond acceptors (Lipinski definition) is 5. The van der Waals surface area contributed by atoms with Crippen molar-refractivity contribution >= 4 is 5.91 Å². The van der Waals surface area contributed by atoms with Gasteiger partial charge in [-0.2, -0.15) is 13.2 Å². The lowest BCUT2D eigenvalue weighted by Crippen LogP contribution is -2.21. The maximum Gasteiger partial charge on any atom is 0.416 e. The van der Waals surface area contributed by atoms with Crippen molar-refractivity contribution in [3.63, 3.8) is 0 Å². The van der Waals surface area contributed by atoms with Crippen LogP contribution in [0.2, 0.25) is 0 Å². The maximum atomic E-state index is 12.8. The summed E-state index contributed by atoms with van der Waals surface area (Å²) in [6.07, 6.45) is -2.31. The summed E-state index contributed by atoms with van der Waals surface area (Å²) in [5, 5.41) is 12.0. The number of halogens is 3. The van der Waals surface area contributed by atoms with Crippen molar-refractivity contribution in [2.24, 2.45) is 0 Å². The van der Waals surface area contributed by atoms with Gasteiger partial charge in [0.15, 0.2) is 0 Å². The van der Waals surface area contributed by atoms with Crippen molar-refractivity contribution in [1.29, 1.82) is 0 Å². The van der Waals surface area contributed by atoms with Crippen LogP contribution in [0.3, 0.4) is 0 Å². The van der Waals surface area contributed by atoms with Crippen LogP contribution >= 0.6 is 0 Å². The van der Waals surface area contributed by atoms with E-state index in [2.05, 4.69) is 5.32 Å². The molecule has 0 heterocycles. The fourth-order valence-electron chi connectivity index (χ4n) is 3.52. The molecule has 0 fully saturated rings. The van der Waals surface area contributed by atoms with Gasteiger partial charge in [0.1, 0.15) is 17.6 Å². The van der Waals surface area contributed by atoms with Crippen molar-refractivity contribution < 1.29 is 32.6 Å². The number of benzene rings is 3. The molecule has 192 valence electrons. The number of hydroxylamine groups is 1. The lowest BCUT2D eigenvalue weighted by Gasteiger charge is -2.20. The molecule has 0 spiro atoms. The van der Waals surface area contributed by atoms with Crippen molar-refractivity contribution in [1.82, 2.24) is 10.8 Å². The average Bonchev–Trinajstić information content (AvgIpc) is 2.89. The van der Waals surface area contributed by atoms with Gasteiger partial charge in [-0.1, -0.05) is 30.3 Å². The lowest BCUT2D eigenvalue weighted by atomic mass is 10.1. The normalized spacial score (nSPS) is 12.1. The van der Waals surface area contributed by atoms with E-state index < -0.39 is 17.6 Å². The quantitative estimate of drug-likeness (QED) is 0.157. The second-order valence-corrected chi connectivity index (χ2v) is 8.10. The summed E-state index contributed by atoms with van der Waals surface area (Å²) >= 11 is 0. The summed E-state index contributed by atoms with van der Waals surface area (Å²) in [7, 11) is 0. The van der Waals surface area contributed by atoms with Gasteiger partial charge in [-0.15, -0.1) is 0 Å². The van der Waals surface area contributed by atoms with Gasteiger partial charge in [-0.25, -0.2) is 5.48 Å². The van der Waals surface area contributed by atoms with E-state index >= 15 is 0 Å². The van der Waals surface area contributed by atoms with Crippen LogP contribution in [0.1, 0.15) is 46.9 Å². The number of carbonyl (C=O) groups excluding carboxylic acids is 1. The molecule has 6 nitrogen and oxygen atoms in total. The summed E-state index contributed by atoms with van der Waals surface area (Å²) in [5.41, 5.74) is 2.17. The Labute approximate surface area is 208 Å². The summed E-state index contributed by atoms with van der Waals surface area (Å²) in [5.74, 6) is 0.453. The third-order valence-electron chi connectivity index (χ3n) is 5.45. The molecule has 9 heteroatoms. The predicted octanol–water partition coefficient (Wildman–Crippen LogP) is 5.78. The van der Waals surface area contributed by atoms with E-state index in [0.717, 1.165) is 37.1 Å². The smallest absolute Gasteiger partial charge is 0.416 e. The van der Waals surface area contributed by atoms with Crippen molar-refractivity contribution in [3.05, 3.63) is 95.6 Å². The van der Waals surface area contributed by atoms with E-state index in [-0.39, 0.29) is 6.10 Å². The molecule has 0 aromatic heterocycles. The highest BCUT2D eigenvalue weighted by molar-refractivity contribution is 5.93. The van der Waals surface area contributed by atoms with Gasteiger partial charge in [0, 0.05) is 12.0 Å². The van der Waals surface area contributed by atoms with Crippen LogP contribution in [-0.2, 0) is 6.18 Å². The molecular formula is C27H29F3N2O4. The predicted molar refractivity (Wildman–Crippen MR) is 129 cm³/mol. The zero-order chi connectivity index (χ0) is 25.8. The number of carbonyl (C=O) groups is 1. The molecule has 0 aliphatic rings. The molecular weight excluding hydrogens is 473 g/mol. The molecule has 3 aromatic rings. The number of ether oxygens (including phenoxy) is 2. The molecule has 3 N–H and O–H groups in total. The molecule has 1 amide bonds. The Hall–Kier alpha value is -3.56. The maximum absolute atomic E-state index is 12.8. The Balaban J connectivity index is 1.39. The molecule has 3 rings (SSSR count). The SMILES string of the molecule is O=C(NO)c1ccc(OCCCCNCC[C@@H](Oc2ccc(C(F)(F)F)cc2)c2ccccc2)cc1. The Morgan fingerprint density at radius 1 is 0.861 bits per heavy atom. The van der Waals surface area contributed by atoms with Crippen molar-refractivity contribution in [2.45, 2.75) is 31.5 Å². The van der Waals surface area contributed by atoms with Crippen LogP contribution in [-0.4, -0.2) is 30.8 Å². The molecule has 0 unspecified atom stereocenters. The zero-order valence-electron chi connectivity index (χ0n) is 19.6. The van der Waals surface area contributed by atoms with Gasteiger partial charge in [-0.05, 0) is 80.0 Å². The Morgan fingerprint density at radius 3 is 2.17 bits per heavy atom. The molecule has 36 heavy (non-hydrogen) atoms. The lowest BCUT2D eigenvalue weighted by molar-refractivity contribution is -0.137. The molecule has 0 bridgehead atoms. The third kappa shape index (κ3) is 8.58. The summed E-state index contributed by atoms with van der Waals surface area (Å²) in [6, 6.07) is 20.8. The summed E-state index contributed by atoms with van der Waals surface area (Å²) in [6.45, 7) is 1.98. The highest BCUT2D eigenvalue weighted by Gasteiger charge is 2.30. The Morgan fingerprint density at radius 2 is 1.53 bits per heavy atom. The van der Waals surface area contributed by atoms with E-state index in [9.17, 15) is 18.0 Å². The van der Waals surface area contributed by atoms with E-state index in [1.807, 2.05) is 30.3 Å². The van der Waals surface area contributed by atoms with Crippen LogP contribution < -0.4 is 20.3 Å². The molecule has 0 saturated carbocycles. The fraction of sp³-hybridized carbons (Fsp3) is 0.296. The van der Waals surface area contributed by atoms with Crippen LogP contribution in [0.5, 0.6) is 11.5 Å². The van der Waals surface area contributed by atoms with Gasteiger partial charge in [0.05, 0.1) is 12.2 Å². The van der Waals surface area contributed by atoms with E-state index in [4.69, 9.17) is 14.7 Å². The first-order valence-electron chi connectivity index (χ1n) is 11.6. The minimum Gasteiger partial charge on any atom is -0.494 e. The topological polar surface area (TPSA) is 79.8 Å². The van der Waals surface area contributed by atoms with Crippen molar-refractivity contribution in [2.75, 3.05) is 19.7 Å². The van der Waals surface area contributed by atoms with Gasteiger partial charge < -0.3 is 14.8 Å². The number of unbranched alkanes of at least 4 members (excludes halogenated alkanes) is 1. The minimum atomic E-state index is -4.38. The standard InChI is InChI=1S/C27H29F3N2O4/c28-27(29,30)22-10-14-24(15-11-22)36-25(20-6-2-1-3-7-20)16-18-31-17-4-5-19-35-23-12-8-21(9-13-23)26(33)32-34/h1-3,6-15,25,31,34H,4-5,16-19H2,(H,32,33)/t25-/m1/s1. The monoisotopic (exact) mass is 502 g/mol. The number of hydrogen-bond donors (Lipinski definition) is 3. The number of amides is 1. The third-order valence-corrected chi connectivity index (χ3v) is 5.45. The second kappa shape index (κ2) is 13.5. The van der Waals surface area contributed by atoms with Gasteiger partial charge in [-0.3, -0.25) is 10.0 Å². The van der Waals surface area contributed by atoms with Gasteiger partial charge >= 0.3 is 6.18 Å². The van der Waals surface area contributed by atoms with Crippen LogP contribution in [0, 0.1) is 0 Å². The van der Waals surface area contributed by atoms with E-state index in [1.165, 1.54) is 12.1 Å². The molecule has 0 radical (unpaired) electrons. The van der Waals surface area contributed by atoms with E-state index in [0.29, 0.717) is 36.6 Å². The molecule has 0 aliphatic carbocycles. The van der Waals surface area contributed by atoms with Gasteiger partial charge in [0.25, 0.3) is 5.91 Å². The molecule has 3 aromatic carbocycles. The van der Waals surface area contributed by atoms with E-state index in [1.54, 1.807) is 29.7 Å². The average molecular weight is 503 g/mol. The van der Waals surface area contributed by atoms with Crippen LogP contribution in [0.4, 0.5) is 13.2 Å². The summed E-state index contributed by atoms with van der Waals surface area (Å²) in [4.78, 5) is 11.3. The first kappa shape index (κ1) is 27.0. The van der Waals surface area contributed by atoms with Crippen LogP contribution in [0.15, 0.2) is 78.9 Å². The number of rotatable bonds is 13. The molecule has 0 saturated heterocycles. The van der Waals surface area contributed by atoms with Gasteiger partial charge in [0.2, 0.25) is 0 Å². The first-order valence-corrected chi connectivity index (χ1v) is 11.6. The highest BCUT2D eigenvalue weighted by Crippen LogP contribution is 2.31. The zero-order valence-corrected chi connectivity index (χ0v) is 19.6. The van der Waals surface area contributed by atoms with Crippen LogP contribution in [0.25, 0.3) is 0 Å². The fourth-order valence-corrected chi connectivity index (χ4v) is 3.52. The van der Waals surface area contributed by atoms with Crippen molar-refractivity contribution in [3.8, 4) is 11.5 Å². The Kier molecular flexibility index (Phi) is 10.1. The molecule has 1 atom stereocenters. The number of alkyl halides is 3. The Bertz CT molecular complexity index is 1060.